The van der Waals surface area contributed by atoms with Crippen LogP contribution in [-0.4, -0.2) is 15.7 Å². The molecule has 0 aromatic carbocycles. The molecule has 62 valence electrons. The molecule has 0 spiro atoms. The molecular formula is C7H6N2O3. The Hall–Kier alpha value is -1.78. The lowest BCUT2D eigenvalue weighted by atomic mass is 10.2. The number of hydrogen-bond donors (Lipinski definition) is 0. The summed E-state index contributed by atoms with van der Waals surface area (Å²) in [6, 6.07) is 1.33. The van der Waals surface area contributed by atoms with E-state index in [0.29, 0.717) is 0 Å². The zero-order valence-corrected chi connectivity index (χ0v) is 6.35. The van der Waals surface area contributed by atoms with E-state index in [-0.39, 0.29) is 17.0 Å². The first kappa shape index (κ1) is 8.32. The molecule has 5 heteroatoms. The summed E-state index contributed by atoms with van der Waals surface area (Å²) in [5.74, 6) is -0.330. The third-order valence-electron chi connectivity index (χ3n) is 1.38. The summed E-state index contributed by atoms with van der Waals surface area (Å²) in [4.78, 5) is 24.1. The van der Waals surface area contributed by atoms with Crippen LogP contribution in [0.15, 0.2) is 18.5 Å². The molecule has 0 aliphatic heterocycles. The molecule has 0 amide bonds. The van der Waals surface area contributed by atoms with Crippen LogP contribution in [0.5, 0.6) is 0 Å². The van der Waals surface area contributed by atoms with E-state index in [0.717, 1.165) is 6.20 Å². The highest BCUT2D eigenvalue weighted by molar-refractivity contribution is 5.97. The minimum atomic E-state index is -0.621. The Balaban J connectivity index is 3.27. The fraction of sp³-hybridized carbons (Fsp3) is 0.143. The van der Waals surface area contributed by atoms with E-state index in [9.17, 15) is 14.9 Å². The number of Topliss-reactive ketones (excluding diaryl/α,β-unsaturated/α-hetero) is 1. The Bertz CT molecular complexity index is 302. The summed E-state index contributed by atoms with van der Waals surface area (Å²) in [5.41, 5.74) is -0.153. The Kier molecular flexibility index (Phi) is 2.14. The van der Waals surface area contributed by atoms with Crippen LogP contribution in [0.2, 0.25) is 0 Å². The highest BCUT2D eigenvalue weighted by atomic mass is 16.6. The third-order valence-corrected chi connectivity index (χ3v) is 1.38. The van der Waals surface area contributed by atoms with Crippen molar-refractivity contribution < 1.29 is 9.72 Å². The molecule has 0 aliphatic carbocycles. The SMILES string of the molecule is CC(=O)c1ccncc1[N+](=O)[O-]. The molecule has 1 rings (SSSR count). The molecule has 1 heterocycles. The van der Waals surface area contributed by atoms with Gasteiger partial charge in [-0.25, -0.2) is 0 Å². The molecule has 0 unspecified atom stereocenters. The number of ketones is 1. The van der Waals surface area contributed by atoms with Gasteiger partial charge in [0, 0.05) is 6.20 Å². The van der Waals surface area contributed by atoms with E-state index in [2.05, 4.69) is 4.98 Å². The molecule has 1 aromatic rings. The third kappa shape index (κ3) is 1.45. The second-order valence-corrected chi connectivity index (χ2v) is 2.21. The molecule has 5 nitrogen and oxygen atoms in total. The van der Waals surface area contributed by atoms with Crippen molar-refractivity contribution in [1.82, 2.24) is 4.98 Å². The van der Waals surface area contributed by atoms with Crippen LogP contribution in [-0.2, 0) is 0 Å². The van der Waals surface area contributed by atoms with Gasteiger partial charge in [0.2, 0.25) is 0 Å². The Morgan fingerprint density at radius 3 is 2.75 bits per heavy atom. The second kappa shape index (κ2) is 3.08. The van der Waals surface area contributed by atoms with Gasteiger partial charge >= 0.3 is 0 Å². The van der Waals surface area contributed by atoms with E-state index in [4.69, 9.17) is 0 Å². The number of carbonyl (C=O) groups is 1. The van der Waals surface area contributed by atoms with Crippen molar-refractivity contribution in [3.63, 3.8) is 0 Å². The predicted molar refractivity (Wildman–Crippen MR) is 40.9 cm³/mol. The van der Waals surface area contributed by atoms with Gasteiger partial charge in [0.05, 0.1) is 10.5 Å². The molecule has 0 bridgehead atoms. The topological polar surface area (TPSA) is 73.1 Å². The van der Waals surface area contributed by atoms with Gasteiger partial charge in [-0.05, 0) is 13.0 Å². The standard InChI is InChI=1S/C7H6N2O3/c1-5(10)6-2-3-8-4-7(6)9(11)12/h2-4H,1H3. The lowest BCUT2D eigenvalue weighted by molar-refractivity contribution is -0.385. The van der Waals surface area contributed by atoms with E-state index in [1.165, 1.54) is 19.2 Å². The van der Waals surface area contributed by atoms with E-state index >= 15 is 0 Å². The number of pyridine rings is 1. The minimum absolute atomic E-state index is 0.0926. The van der Waals surface area contributed by atoms with Gasteiger partial charge < -0.3 is 0 Å². The number of aromatic nitrogens is 1. The highest BCUT2D eigenvalue weighted by Gasteiger charge is 2.15. The van der Waals surface area contributed by atoms with Crippen LogP contribution in [0.4, 0.5) is 5.69 Å². The van der Waals surface area contributed by atoms with Gasteiger partial charge in [-0.1, -0.05) is 0 Å². The second-order valence-electron chi connectivity index (χ2n) is 2.21. The van der Waals surface area contributed by atoms with Gasteiger partial charge in [-0.3, -0.25) is 19.9 Å². The van der Waals surface area contributed by atoms with Crippen molar-refractivity contribution in [3.05, 3.63) is 34.1 Å². The zero-order valence-electron chi connectivity index (χ0n) is 6.35. The van der Waals surface area contributed by atoms with Crippen LogP contribution in [0, 0.1) is 10.1 Å². The van der Waals surface area contributed by atoms with Crippen LogP contribution in [0.1, 0.15) is 17.3 Å². The Labute approximate surface area is 68.2 Å². The summed E-state index contributed by atoms with van der Waals surface area (Å²) in [6.07, 6.45) is 2.42. The maximum atomic E-state index is 10.8. The van der Waals surface area contributed by atoms with E-state index in [1.54, 1.807) is 0 Å². The van der Waals surface area contributed by atoms with Gasteiger partial charge in [-0.2, -0.15) is 0 Å². The normalized spacial score (nSPS) is 9.42. The number of carbonyl (C=O) groups excluding carboxylic acids is 1. The zero-order chi connectivity index (χ0) is 9.14. The Morgan fingerprint density at radius 2 is 2.33 bits per heavy atom. The van der Waals surface area contributed by atoms with Gasteiger partial charge in [0.1, 0.15) is 6.20 Å². The fourth-order valence-electron chi connectivity index (χ4n) is 0.829. The van der Waals surface area contributed by atoms with Crippen molar-refractivity contribution in [2.24, 2.45) is 0 Å². The van der Waals surface area contributed by atoms with Gasteiger partial charge in [0.15, 0.2) is 5.78 Å². The highest BCUT2D eigenvalue weighted by Crippen LogP contribution is 2.15. The monoisotopic (exact) mass is 166 g/mol. The molecule has 12 heavy (non-hydrogen) atoms. The molecule has 0 radical (unpaired) electrons. The van der Waals surface area contributed by atoms with Crippen LogP contribution in [0.3, 0.4) is 0 Å². The molecule has 1 aromatic heterocycles. The minimum Gasteiger partial charge on any atom is -0.294 e. The molecule has 0 aliphatic rings. The first-order chi connectivity index (χ1) is 5.63. The van der Waals surface area contributed by atoms with Crippen molar-refractivity contribution >= 4 is 11.5 Å². The summed E-state index contributed by atoms with van der Waals surface area (Å²) in [5, 5.41) is 10.3. The van der Waals surface area contributed by atoms with E-state index < -0.39 is 4.92 Å². The smallest absolute Gasteiger partial charge is 0.294 e. The van der Waals surface area contributed by atoms with Crippen molar-refractivity contribution in [3.8, 4) is 0 Å². The number of nitrogens with zero attached hydrogens (tertiary/aromatic N) is 2. The lowest BCUT2D eigenvalue weighted by Crippen LogP contribution is -2.00. The maximum Gasteiger partial charge on any atom is 0.298 e. The van der Waals surface area contributed by atoms with Crippen LogP contribution in [0.25, 0.3) is 0 Å². The number of rotatable bonds is 2. The molecule has 0 fully saturated rings. The average molecular weight is 166 g/mol. The van der Waals surface area contributed by atoms with Crippen molar-refractivity contribution in [2.75, 3.05) is 0 Å². The summed E-state index contributed by atoms with van der Waals surface area (Å²) < 4.78 is 0. The number of nitro groups is 1. The maximum absolute atomic E-state index is 10.8. The van der Waals surface area contributed by atoms with Crippen molar-refractivity contribution in [2.45, 2.75) is 6.92 Å². The first-order valence-corrected chi connectivity index (χ1v) is 3.22. The largest absolute Gasteiger partial charge is 0.298 e. The summed E-state index contributed by atoms with van der Waals surface area (Å²) >= 11 is 0. The average Bonchev–Trinajstić information content (AvgIpc) is 2.04. The number of hydrogen-bond acceptors (Lipinski definition) is 4. The fourth-order valence-corrected chi connectivity index (χ4v) is 0.829. The predicted octanol–water partition coefficient (Wildman–Crippen LogP) is 1.19. The molecule has 0 saturated heterocycles. The van der Waals surface area contributed by atoms with E-state index in [1.807, 2.05) is 0 Å². The summed E-state index contributed by atoms with van der Waals surface area (Å²) in [6.45, 7) is 1.28. The van der Waals surface area contributed by atoms with Gasteiger partial charge in [0.25, 0.3) is 5.69 Å². The van der Waals surface area contributed by atoms with Crippen molar-refractivity contribution in [1.29, 1.82) is 0 Å². The van der Waals surface area contributed by atoms with Crippen LogP contribution < -0.4 is 0 Å². The molecule has 0 N–H and O–H groups in total. The molecule has 0 saturated carbocycles. The van der Waals surface area contributed by atoms with Crippen LogP contribution >= 0.6 is 0 Å². The Morgan fingerprint density at radius 1 is 1.67 bits per heavy atom. The molecule has 0 atom stereocenters. The van der Waals surface area contributed by atoms with Gasteiger partial charge in [-0.15, -0.1) is 0 Å². The first-order valence-electron chi connectivity index (χ1n) is 3.22. The molecular weight excluding hydrogens is 160 g/mol. The summed E-state index contributed by atoms with van der Waals surface area (Å²) in [7, 11) is 0. The quantitative estimate of drug-likeness (QED) is 0.375. The lowest BCUT2D eigenvalue weighted by Gasteiger charge is -1.95.